The largest absolute Gasteiger partial charge is 0.497 e. The highest BCUT2D eigenvalue weighted by molar-refractivity contribution is 7.92. The Morgan fingerprint density at radius 1 is 1.10 bits per heavy atom. The molecule has 0 spiro atoms. The molecule has 1 N–H and O–H groups in total. The van der Waals surface area contributed by atoms with Crippen molar-refractivity contribution in [3.8, 4) is 11.5 Å². The van der Waals surface area contributed by atoms with Gasteiger partial charge in [-0.25, -0.2) is 8.42 Å². The quantitative estimate of drug-likeness (QED) is 0.587. The third-order valence-corrected chi connectivity index (χ3v) is 5.97. The highest BCUT2D eigenvalue weighted by atomic mass is 32.2. The number of anilines is 1. The van der Waals surface area contributed by atoms with Gasteiger partial charge in [0.1, 0.15) is 11.5 Å². The van der Waals surface area contributed by atoms with Gasteiger partial charge >= 0.3 is 0 Å². The van der Waals surface area contributed by atoms with Crippen molar-refractivity contribution in [3.63, 3.8) is 0 Å². The monoisotopic (exact) mass is 434 g/mol. The summed E-state index contributed by atoms with van der Waals surface area (Å²) in [6.07, 6.45) is 1.75. The van der Waals surface area contributed by atoms with E-state index in [4.69, 9.17) is 9.47 Å². The molecule has 2 rings (SSSR count). The Hall–Kier alpha value is -2.74. The smallest absolute Gasteiger partial charge is 0.232 e. The average molecular weight is 435 g/mol. The van der Waals surface area contributed by atoms with E-state index in [9.17, 15) is 13.2 Å². The molecule has 30 heavy (non-hydrogen) atoms. The fourth-order valence-corrected chi connectivity index (χ4v) is 4.06. The number of carbonyl (C=O) groups excluding carboxylic acids is 1. The van der Waals surface area contributed by atoms with Crippen LogP contribution in [-0.2, 0) is 14.8 Å². The number of hydrogen-bond donors (Lipinski definition) is 1. The van der Waals surface area contributed by atoms with E-state index in [1.165, 1.54) is 18.5 Å². The Morgan fingerprint density at radius 3 is 2.40 bits per heavy atom. The van der Waals surface area contributed by atoms with E-state index in [1.54, 1.807) is 18.2 Å². The summed E-state index contributed by atoms with van der Waals surface area (Å²) in [6, 6.07) is 14.9. The van der Waals surface area contributed by atoms with E-state index in [0.717, 1.165) is 11.8 Å². The fourth-order valence-electron chi connectivity index (χ4n) is 3.09. The van der Waals surface area contributed by atoms with Crippen LogP contribution < -0.4 is 19.1 Å². The molecule has 0 aliphatic heterocycles. The summed E-state index contributed by atoms with van der Waals surface area (Å²) in [7, 11) is -0.549. The van der Waals surface area contributed by atoms with Gasteiger partial charge < -0.3 is 14.8 Å². The van der Waals surface area contributed by atoms with Gasteiger partial charge in [0.15, 0.2) is 0 Å². The molecule has 2 aromatic rings. The van der Waals surface area contributed by atoms with Gasteiger partial charge in [-0.05, 0) is 30.0 Å². The molecule has 7 nitrogen and oxygen atoms in total. The van der Waals surface area contributed by atoms with E-state index in [0.29, 0.717) is 30.2 Å². The van der Waals surface area contributed by atoms with Crippen LogP contribution in [0.3, 0.4) is 0 Å². The second kappa shape index (κ2) is 10.9. The summed E-state index contributed by atoms with van der Waals surface area (Å²) in [5, 5.41) is 2.92. The van der Waals surface area contributed by atoms with Crippen LogP contribution in [-0.4, -0.2) is 47.9 Å². The van der Waals surface area contributed by atoms with Gasteiger partial charge in [0, 0.05) is 25.6 Å². The van der Waals surface area contributed by atoms with Crippen molar-refractivity contribution in [3.05, 3.63) is 54.1 Å². The number of ether oxygens (including phenoxy) is 2. The molecular weight excluding hydrogens is 404 g/mol. The fraction of sp³-hybridized carbons (Fsp3) is 0.409. The lowest BCUT2D eigenvalue weighted by molar-refractivity contribution is -0.121. The minimum Gasteiger partial charge on any atom is -0.497 e. The zero-order valence-corrected chi connectivity index (χ0v) is 18.7. The molecule has 1 atom stereocenters. The van der Waals surface area contributed by atoms with Gasteiger partial charge in [-0.3, -0.25) is 9.10 Å². The second-order valence-corrected chi connectivity index (χ2v) is 9.00. The second-order valence-electron chi connectivity index (χ2n) is 7.09. The van der Waals surface area contributed by atoms with E-state index in [2.05, 4.69) is 12.2 Å². The predicted molar refractivity (Wildman–Crippen MR) is 119 cm³/mol. The Balaban J connectivity index is 1.95. The lowest BCUT2D eigenvalue weighted by Crippen LogP contribution is -2.33. The maximum absolute atomic E-state index is 12.3. The van der Waals surface area contributed by atoms with Crippen molar-refractivity contribution in [1.82, 2.24) is 5.32 Å². The number of benzene rings is 2. The standard InChI is InChI=1S/C22H30N2O5S/c1-17(18-9-6-5-7-10-18)16-23-22(25)11-8-14-24(30(4,26)27)20-13-12-19(28-2)15-21(20)29-3/h5-7,9-10,12-13,15,17H,8,11,14,16H2,1-4H3,(H,23,25)/t17-/m0/s1. The van der Waals surface area contributed by atoms with Crippen LogP contribution in [0.15, 0.2) is 48.5 Å². The van der Waals surface area contributed by atoms with Crippen LogP contribution in [0.4, 0.5) is 5.69 Å². The number of rotatable bonds is 11. The molecule has 0 aromatic heterocycles. The zero-order valence-electron chi connectivity index (χ0n) is 17.9. The summed E-state index contributed by atoms with van der Waals surface area (Å²) in [5.41, 5.74) is 1.58. The predicted octanol–water partition coefficient (Wildman–Crippen LogP) is 3.17. The molecule has 0 radical (unpaired) electrons. The number of carbonyl (C=O) groups is 1. The molecule has 0 saturated carbocycles. The highest BCUT2D eigenvalue weighted by Crippen LogP contribution is 2.33. The van der Waals surface area contributed by atoms with Crippen molar-refractivity contribution in [2.75, 3.05) is 37.9 Å². The molecule has 1 amide bonds. The van der Waals surface area contributed by atoms with Gasteiger partial charge in [0.05, 0.1) is 26.2 Å². The third-order valence-electron chi connectivity index (χ3n) is 4.79. The van der Waals surface area contributed by atoms with Crippen molar-refractivity contribution < 1.29 is 22.7 Å². The minimum atomic E-state index is -3.55. The molecule has 0 bridgehead atoms. The Bertz CT molecular complexity index is 932. The molecule has 0 aliphatic rings. The van der Waals surface area contributed by atoms with Crippen LogP contribution in [0.2, 0.25) is 0 Å². The summed E-state index contributed by atoms with van der Waals surface area (Å²) in [6.45, 7) is 2.76. The molecule has 0 fully saturated rings. The number of nitrogens with one attached hydrogen (secondary N) is 1. The molecular formula is C22H30N2O5S. The molecule has 0 heterocycles. The van der Waals surface area contributed by atoms with Crippen molar-refractivity contribution in [2.24, 2.45) is 0 Å². The maximum atomic E-state index is 12.3. The molecule has 2 aromatic carbocycles. The van der Waals surface area contributed by atoms with E-state index < -0.39 is 10.0 Å². The molecule has 0 aliphatic carbocycles. The molecule has 164 valence electrons. The number of hydrogen-bond acceptors (Lipinski definition) is 5. The number of nitrogens with zero attached hydrogens (tertiary/aromatic N) is 1. The van der Waals surface area contributed by atoms with Gasteiger partial charge in [0.2, 0.25) is 15.9 Å². The summed E-state index contributed by atoms with van der Waals surface area (Å²) in [4.78, 5) is 12.2. The number of methoxy groups -OCH3 is 2. The van der Waals surface area contributed by atoms with Crippen LogP contribution in [0.25, 0.3) is 0 Å². The van der Waals surface area contributed by atoms with Gasteiger partial charge in [-0.1, -0.05) is 37.3 Å². The third kappa shape index (κ3) is 6.66. The van der Waals surface area contributed by atoms with E-state index >= 15 is 0 Å². The van der Waals surface area contributed by atoms with Gasteiger partial charge in [0.25, 0.3) is 0 Å². The summed E-state index contributed by atoms with van der Waals surface area (Å²) in [5.74, 6) is 1.05. The van der Waals surface area contributed by atoms with E-state index in [1.807, 2.05) is 30.3 Å². The molecule has 0 saturated heterocycles. The Morgan fingerprint density at radius 2 is 1.80 bits per heavy atom. The SMILES string of the molecule is COc1ccc(N(CCCC(=O)NC[C@H](C)c2ccccc2)S(C)(=O)=O)c(OC)c1. The Labute approximate surface area is 179 Å². The average Bonchev–Trinajstić information content (AvgIpc) is 2.74. The lowest BCUT2D eigenvalue weighted by atomic mass is 10.0. The normalized spacial score (nSPS) is 12.1. The molecule has 0 unspecified atom stereocenters. The van der Waals surface area contributed by atoms with Gasteiger partial charge in [-0.15, -0.1) is 0 Å². The lowest BCUT2D eigenvalue weighted by Gasteiger charge is -2.24. The molecule has 8 heteroatoms. The van der Waals surface area contributed by atoms with Crippen molar-refractivity contribution >= 4 is 21.6 Å². The Kier molecular flexibility index (Phi) is 8.53. The minimum absolute atomic E-state index is 0.104. The first-order valence-corrected chi connectivity index (χ1v) is 11.6. The van der Waals surface area contributed by atoms with Crippen LogP contribution >= 0.6 is 0 Å². The maximum Gasteiger partial charge on any atom is 0.232 e. The van der Waals surface area contributed by atoms with Gasteiger partial charge in [-0.2, -0.15) is 0 Å². The van der Waals surface area contributed by atoms with Crippen molar-refractivity contribution in [1.29, 1.82) is 0 Å². The van der Waals surface area contributed by atoms with Crippen LogP contribution in [0, 0.1) is 0 Å². The van der Waals surface area contributed by atoms with Crippen molar-refractivity contribution in [2.45, 2.75) is 25.7 Å². The van der Waals surface area contributed by atoms with Crippen LogP contribution in [0.5, 0.6) is 11.5 Å². The zero-order chi connectivity index (χ0) is 22.1. The topological polar surface area (TPSA) is 84.9 Å². The summed E-state index contributed by atoms with van der Waals surface area (Å²) >= 11 is 0. The number of amides is 1. The first-order valence-electron chi connectivity index (χ1n) is 9.77. The summed E-state index contributed by atoms with van der Waals surface area (Å²) < 4.78 is 36.4. The number of sulfonamides is 1. The highest BCUT2D eigenvalue weighted by Gasteiger charge is 2.21. The van der Waals surface area contributed by atoms with E-state index in [-0.39, 0.29) is 24.8 Å². The first-order chi connectivity index (χ1) is 14.3. The van der Waals surface area contributed by atoms with Crippen LogP contribution in [0.1, 0.15) is 31.2 Å². The first kappa shape index (κ1) is 23.5.